The summed E-state index contributed by atoms with van der Waals surface area (Å²) in [5, 5.41) is 0.896. The van der Waals surface area contributed by atoms with Gasteiger partial charge >= 0.3 is 11.6 Å². The van der Waals surface area contributed by atoms with Crippen molar-refractivity contribution in [3.8, 4) is 5.75 Å². The van der Waals surface area contributed by atoms with Crippen LogP contribution >= 0.6 is 0 Å². The fourth-order valence-corrected chi connectivity index (χ4v) is 4.32. The van der Waals surface area contributed by atoms with Crippen molar-refractivity contribution in [2.24, 2.45) is 0 Å². The van der Waals surface area contributed by atoms with Gasteiger partial charge in [-0.25, -0.2) is 4.79 Å². The molecule has 0 saturated carbocycles. The Balaban J connectivity index is 1.60. The summed E-state index contributed by atoms with van der Waals surface area (Å²) in [6, 6.07) is 12.5. The number of nitrogens with zero attached hydrogens (tertiary/aromatic N) is 1. The molecule has 0 saturated heterocycles. The molecule has 1 aliphatic rings. The third-order valence-corrected chi connectivity index (χ3v) is 6.06. The van der Waals surface area contributed by atoms with E-state index in [2.05, 4.69) is 35.2 Å². The SMILES string of the molecule is CCOC(=O)CCc1c(C)c2cc3c(c(C)c2oc1=O)OCN(CCc1ccccc1)C3. The van der Waals surface area contributed by atoms with E-state index in [9.17, 15) is 9.59 Å². The number of fused-ring (bicyclic) bond motifs is 2. The summed E-state index contributed by atoms with van der Waals surface area (Å²) in [4.78, 5) is 26.7. The van der Waals surface area contributed by atoms with Gasteiger partial charge in [-0.2, -0.15) is 0 Å². The maximum atomic E-state index is 12.6. The molecule has 4 rings (SSSR count). The van der Waals surface area contributed by atoms with Crippen LogP contribution in [-0.2, 0) is 28.9 Å². The number of aryl methyl sites for hydroxylation is 2. The molecule has 2 heterocycles. The summed E-state index contributed by atoms with van der Waals surface area (Å²) in [5.74, 6) is 0.491. The Kier molecular flexibility index (Phi) is 6.61. The molecule has 6 heteroatoms. The average molecular weight is 436 g/mol. The van der Waals surface area contributed by atoms with Gasteiger partial charge in [0, 0.05) is 41.6 Å². The predicted octanol–water partition coefficient (Wildman–Crippen LogP) is 4.30. The van der Waals surface area contributed by atoms with Crippen LogP contribution in [-0.4, -0.2) is 30.8 Å². The van der Waals surface area contributed by atoms with Crippen molar-refractivity contribution in [3.63, 3.8) is 0 Å². The second-order valence-corrected chi connectivity index (χ2v) is 8.23. The number of esters is 1. The molecule has 0 bridgehead atoms. The third-order valence-electron chi connectivity index (χ3n) is 6.06. The van der Waals surface area contributed by atoms with Crippen LogP contribution in [0.5, 0.6) is 5.75 Å². The number of carbonyl (C=O) groups is 1. The van der Waals surface area contributed by atoms with Crippen molar-refractivity contribution in [2.45, 2.75) is 46.6 Å². The first-order valence-corrected chi connectivity index (χ1v) is 11.1. The maximum Gasteiger partial charge on any atom is 0.339 e. The lowest BCUT2D eigenvalue weighted by Gasteiger charge is -2.30. The van der Waals surface area contributed by atoms with Crippen LogP contribution in [0.15, 0.2) is 45.6 Å². The summed E-state index contributed by atoms with van der Waals surface area (Å²) < 4.78 is 16.8. The van der Waals surface area contributed by atoms with Gasteiger partial charge in [-0.15, -0.1) is 0 Å². The molecule has 6 nitrogen and oxygen atoms in total. The first-order valence-electron chi connectivity index (χ1n) is 11.1. The lowest BCUT2D eigenvalue weighted by Crippen LogP contribution is -2.34. The predicted molar refractivity (Wildman–Crippen MR) is 123 cm³/mol. The number of carbonyl (C=O) groups excluding carboxylic acids is 1. The van der Waals surface area contributed by atoms with E-state index in [1.807, 2.05) is 19.9 Å². The van der Waals surface area contributed by atoms with Gasteiger partial charge in [0.05, 0.1) is 6.61 Å². The second kappa shape index (κ2) is 9.57. The van der Waals surface area contributed by atoms with Gasteiger partial charge in [0.25, 0.3) is 0 Å². The highest BCUT2D eigenvalue weighted by Crippen LogP contribution is 2.36. The Morgan fingerprint density at radius 1 is 1.12 bits per heavy atom. The van der Waals surface area contributed by atoms with Crippen LogP contribution in [0.25, 0.3) is 11.0 Å². The van der Waals surface area contributed by atoms with E-state index in [0.717, 1.165) is 47.3 Å². The average Bonchev–Trinajstić information content (AvgIpc) is 2.79. The summed E-state index contributed by atoms with van der Waals surface area (Å²) in [7, 11) is 0. The Morgan fingerprint density at radius 3 is 2.66 bits per heavy atom. The van der Waals surface area contributed by atoms with Crippen LogP contribution in [0.3, 0.4) is 0 Å². The van der Waals surface area contributed by atoms with Crippen LogP contribution in [0.4, 0.5) is 0 Å². The molecular weight excluding hydrogens is 406 g/mol. The Morgan fingerprint density at radius 2 is 1.91 bits per heavy atom. The molecule has 0 fully saturated rings. The van der Waals surface area contributed by atoms with Gasteiger partial charge < -0.3 is 13.9 Å². The molecule has 32 heavy (non-hydrogen) atoms. The molecule has 2 aromatic carbocycles. The minimum absolute atomic E-state index is 0.158. The summed E-state index contributed by atoms with van der Waals surface area (Å²) in [6.07, 6.45) is 1.42. The zero-order valence-corrected chi connectivity index (χ0v) is 18.9. The van der Waals surface area contributed by atoms with Gasteiger partial charge in [0.15, 0.2) is 0 Å². The molecule has 0 atom stereocenters. The van der Waals surface area contributed by atoms with Gasteiger partial charge in [-0.05, 0) is 50.8 Å². The first-order chi connectivity index (χ1) is 15.5. The zero-order chi connectivity index (χ0) is 22.7. The van der Waals surface area contributed by atoms with Crippen molar-refractivity contribution in [3.05, 3.63) is 74.6 Å². The van der Waals surface area contributed by atoms with E-state index in [1.54, 1.807) is 6.92 Å². The van der Waals surface area contributed by atoms with Crippen molar-refractivity contribution >= 4 is 16.9 Å². The number of ether oxygens (including phenoxy) is 2. The van der Waals surface area contributed by atoms with E-state index in [1.165, 1.54) is 5.56 Å². The Labute approximate surface area is 187 Å². The van der Waals surface area contributed by atoms with Crippen LogP contribution < -0.4 is 10.4 Å². The van der Waals surface area contributed by atoms with Gasteiger partial charge in [0.1, 0.15) is 18.1 Å². The van der Waals surface area contributed by atoms with Crippen LogP contribution in [0.2, 0.25) is 0 Å². The number of benzene rings is 2. The highest BCUT2D eigenvalue weighted by atomic mass is 16.5. The minimum atomic E-state index is -0.400. The largest absolute Gasteiger partial charge is 0.477 e. The van der Waals surface area contributed by atoms with E-state index in [4.69, 9.17) is 13.9 Å². The highest BCUT2D eigenvalue weighted by molar-refractivity contribution is 5.87. The molecule has 0 radical (unpaired) electrons. The molecule has 168 valence electrons. The van der Waals surface area contributed by atoms with Crippen LogP contribution in [0, 0.1) is 13.8 Å². The number of hydrogen-bond donors (Lipinski definition) is 0. The molecule has 1 aliphatic heterocycles. The minimum Gasteiger partial charge on any atom is -0.477 e. The normalized spacial score (nSPS) is 13.6. The highest BCUT2D eigenvalue weighted by Gasteiger charge is 2.24. The van der Waals surface area contributed by atoms with Crippen molar-refractivity contribution in [1.82, 2.24) is 4.90 Å². The topological polar surface area (TPSA) is 69.0 Å². The van der Waals surface area contributed by atoms with Crippen molar-refractivity contribution in [1.29, 1.82) is 0 Å². The van der Waals surface area contributed by atoms with E-state index in [-0.39, 0.29) is 12.4 Å². The van der Waals surface area contributed by atoms with E-state index >= 15 is 0 Å². The maximum absolute atomic E-state index is 12.6. The van der Waals surface area contributed by atoms with Gasteiger partial charge in [-0.1, -0.05) is 30.3 Å². The Hall–Kier alpha value is -3.12. The summed E-state index contributed by atoms with van der Waals surface area (Å²) >= 11 is 0. The quantitative estimate of drug-likeness (QED) is 0.407. The fourth-order valence-electron chi connectivity index (χ4n) is 4.32. The van der Waals surface area contributed by atoms with E-state index < -0.39 is 5.63 Å². The lowest BCUT2D eigenvalue weighted by atomic mass is 9.97. The molecule has 0 N–H and O–H groups in total. The zero-order valence-electron chi connectivity index (χ0n) is 18.9. The Bertz CT molecular complexity index is 1180. The molecule has 3 aromatic rings. The molecule has 0 aliphatic carbocycles. The summed E-state index contributed by atoms with van der Waals surface area (Å²) in [6.45, 7) is 8.13. The molecule has 0 spiro atoms. The third kappa shape index (κ3) is 4.55. The fraction of sp³-hybridized carbons (Fsp3) is 0.385. The molecule has 0 unspecified atom stereocenters. The van der Waals surface area contributed by atoms with Crippen molar-refractivity contribution < 1.29 is 18.7 Å². The monoisotopic (exact) mass is 435 g/mol. The molecule has 1 aromatic heterocycles. The standard InChI is InChI=1S/C26H29NO5/c1-4-30-23(28)11-10-21-17(2)22-14-20-15-27(13-12-19-8-6-5-7-9-19)16-31-24(20)18(3)25(22)32-26(21)29/h5-9,14H,4,10-13,15-16H2,1-3H3. The van der Waals surface area contributed by atoms with Crippen LogP contribution in [0.1, 0.15) is 41.2 Å². The number of hydrogen-bond acceptors (Lipinski definition) is 6. The number of rotatable bonds is 7. The van der Waals surface area contributed by atoms with Gasteiger partial charge in [0.2, 0.25) is 0 Å². The lowest BCUT2D eigenvalue weighted by molar-refractivity contribution is -0.143. The first kappa shape index (κ1) is 22.1. The molecular formula is C26H29NO5. The van der Waals surface area contributed by atoms with Crippen molar-refractivity contribution in [2.75, 3.05) is 19.9 Å². The summed E-state index contributed by atoms with van der Waals surface area (Å²) in [5.41, 5.74) is 4.78. The smallest absolute Gasteiger partial charge is 0.339 e. The molecule has 0 amide bonds. The second-order valence-electron chi connectivity index (χ2n) is 8.23. The van der Waals surface area contributed by atoms with Gasteiger partial charge in [-0.3, -0.25) is 9.69 Å². The van der Waals surface area contributed by atoms with E-state index in [0.29, 0.717) is 30.9 Å².